The van der Waals surface area contributed by atoms with Gasteiger partial charge in [-0.25, -0.2) is 4.39 Å². The monoisotopic (exact) mass is 183 g/mol. The SMILES string of the molecule is Cl.O=C(O)C1CNCCC1F. The van der Waals surface area contributed by atoms with E-state index in [1.165, 1.54) is 0 Å². The fourth-order valence-corrected chi connectivity index (χ4v) is 1.07. The van der Waals surface area contributed by atoms with Crippen LogP contribution in [0.4, 0.5) is 4.39 Å². The van der Waals surface area contributed by atoms with E-state index in [0.29, 0.717) is 13.0 Å². The zero-order valence-corrected chi connectivity index (χ0v) is 6.73. The maximum absolute atomic E-state index is 12.7. The first-order chi connectivity index (χ1) is 4.72. The number of hydrogen-bond acceptors (Lipinski definition) is 2. The lowest BCUT2D eigenvalue weighted by Gasteiger charge is -2.22. The van der Waals surface area contributed by atoms with Crippen LogP contribution in [0, 0.1) is 5.92 Å². The predicted molar refractivity (Wildman–Crippen MR) is 40.8 cm³/mol. The van der Waals surface area contributed by atoms with Crippen molar-refractivity contribution in [3.05, 3.63) is 0 Å². The Morgan fingerprint density at radius 2 is 2.27 bits per heavy atom. The van der Waals surface area contributed by atoms with Gasteiger partial charge in [0.25, 0.3) is 0 Å². The number of carboxylic acids is 1. The summed E-state index contributed by atoms with van der Waals surface area (Å²) in [7, 11) is 0. The highest BCUT2D eigenvalue weighted by Crippen LogP contribution is 2.14. The maximum atomic E-state index is 12.7. The van der Waals surface area contributed by atoms with Gasteiger partial charge in [0, 0.05) is 6.54 Å². The summed E-state index contributed by atoms with van der Waals surface area (Å²) >= 11 is 0. The maximum Gasteiger partial charge on any atom is 0.310 e. The quantitative estimate of drug-likeness (QED) is 0.620. The first-order valence-corrected chi connectivity index (χ1v) is 3.29. The molecule has 1 aliphatic heterocycles. The van der Waals surface area contributed by atoms with Gasteiger partial charge < -0.3 is 10.4 Å². The molecule has 0 saturated carbocycles. The molecular formula is C6H11ClFNO2. The molecule has 0 aromatic heterocycles. The van der Waals surface area contributed by atoms with Gasteiger partial charge in [-0.15, -0.1) is 12.4 Å². The van der Waals surface area contributed by atoms with Crippen molar-refractivity contribution in [2.45, 2.75) is 12.6 Å². The number of piperidine rings is 1. The van der Waals surface area contributed by atoms with E-state index in [2.05, 4.69) is 5.32 Å². The molecule has 0 aromatic rings. The number of nitrogens with one attached hydrogen (secondary N) is 1. The van der Waals surface area contributed by atoms with Crippen molar-refractivity contribution in [1.82, 2.24) is 5.32 Å². The molecule has 1 rings (SSSR count). The molecule has 0 radical (unpaired) electrons. The second-order valence-electron chi connectivity index (χ2n) is 2.45. The van der Waals surface area contributed by atoms with Gasteiger partial charge in [0.2, 0.25) is 0 Å². The topological polar surface area (TPSA) is 49.3 Å². The number of hydrogen-bond donors (Lipinski definition) is 2. The molecule has 0 aliphatic carbocycles. The van der Waals surface area contributed by atoms with Crippen LogP contribution >= 0.6 is 12.4 Å². The van der Waals surface area contributed by atoms with Crippen molar-refractivity contribution in [1.29, 1.82) is 0 Å². The summed E-state index contributed by atoms with van der Waals surface area (Å²) in [5, 5.41) is 11.3. The van der Waals surface area contributed by atoms with E-state index < -0.39 is 18.1 Å². The first-order valence-electron chi connectivity index (χ1n) is 3.29. The van der Waals surface area contributed by atoms with Gasteiger partial charge in [0.05, 0.1) is 0 Å². The molecule has 3 nitrogen and oxygen atoms in total. The summed E-state index contributed by atoms with van der Waals surface area (Å²) in [6, 6.07) is 0. The summed E-state index contributed by atoms with van der Waals surface area (Å²) in [6.45, 7) is 0.849. The van der Waals surface area contributed by atoms with Crippen molar-refractivity contribution in [3.63, 3.8) is 0 Å². The minimum Gasteiger partial charge on any atom is -0.481 e. The molecule has 5 heteroatoms. The van der Waals surface area contributed by atoms with Crippen molar-refractivity contribution in [2.75, 3.05) is 13.1 Å². The van der Waals surface area contributed by atoms with E-state index in [1.807, 2.05) is 0 Å². The van der Waals surface area contributed by atoms with Gasteiger partial charge in [0.15, 0.2) is 0 Å². The van der Waals surface area contributed by atoms with Crippen molar-refractivity contribution in [2.24, 2.45) is 5.92 Å². The van der Waals surface area contributed by atoms with Gasteiger partial charge in [-0.05, 0) is 13.0 Å². The lowest BCUT2D eigenvalue weighted by Crippen LogP contribution is -2.41. The highest BCUT2D eigenvalue weighted by atomic mass is 35.5. The van der Waals surface area contributed by atoms with Crippen molar-refractivity contribution in [3.8, 4) is 0 Å². The Bertz CT molecular complexity index is 145. The van der Waals surface area contributed by atoms with Crippen LogP contribution < -0.4 is 5.32 Å². The number of aliphatic carboxylic acids is 1. The molecule has 0 amide bonds. The molecule has 66 valence electrons. The zero-order chi connectivity index (χ0) is 7.56. The number of halogens is 2. The van der Waals surface area contributed by atoms with Gasteiger partial charge in [-0.2, -0.15) is 0 Å². The van der Waals surface area contributed by atoms with E-state index in [1.54, 1.807) is 0 Å². The Balaban J connectivity index is 0.000001000. The van der Waals surface area contributed by atoms with Gasteiger partial charge in [-0.3, -0.25) is 4.79 Å². The van der Waals surface area contributed by atoms with Crippen LogP contribution in [0.5, 0.6) is 0 Å². The molecule has 1 heterocycles. The van der Waals surface area contributed by atoms with E-state index >= 15 is 0 Å². The lowest BCUT2D eigenvalue weighted by atomic mass is 9.98. The summed E-state index contributed by atoms with van der Waals surface area (Å²) in [5.41, 5.74) is 0. The average molecular weight is 184 g/mol. The number of alkyl halides is 1. The van der Waals surface area contributed by atoms with Crippen LogP contribution in [0.3, 0.4) is 0 Å². The van der Waals surface area contributed by atoms with Crippen molar-refractivity contribution < 1.29 is 14.3 Å². The van der Waals surface area contributed by atoms with Gasteiger partial charge >= 0.3 is 5.97 Å². The second kappa shape index (κ2) is 4.51. The second-order valence-corrected chi connectivity index (χ2v) is 2.45. The van der Waals surface area contributed by atoms with E-state index in [-0.39, 0.29) is 19.0 Å². The number of rotatable bonds is 1. The molecule has 1 fully saturated rings. The Hall–Kier alpha value is -0.350. The molecule has 2 N–H and O–H groups in total. The van der Waals surface area contributed by atoms with Crippen LogP contribution in [0.1, 0.15) is 6.42 Å². The van der Waals surface area contributed by atoms with E-state index in [9.17, 15) is 9.18 Å². The largest absolute Gasteiger partial charge is 0.481 e. The molecule has 0 spiro atoms. The smallest absolute Gasteiger partial charge is 0.310 e. The average Bonchev–Trinajstić information content (AvgIpc) is 1.88. The Morgan fingerprint density at radius 3 is 2.64 bits per heavy atom. The third-order valence-electron chi connectivity index (χ3n) is 1.71. The summed E-state index contributed by atoms with van der Waals surface area (Å²) in [5.74, 6) is -1.88. The van der Waals surface area contributed by atoms with E-state index in [0.717, 1.165) is 0 Å². The molecule has 11 heavy (non-hydrogen) atoms. The molecule has 0 bridgehead atoms. The minimum atomic E-state index is -1.17. The fraction of sp³-hybridized carbons (Fsp3) is 0.833. The fourth-order valence-electron chi connectivity index (χ4n) is 1.07. The van der Waals surface area contributed by atoms with Crippen LogP contribution in [-0.2, 0) is 4.79 Å². The predicted octanol–water partition coefficient (Wildman–Crippen LogP) is 0.440. The van der Waals surface area contributed by atoms with Crippen molar-refractivity contribution >= 4 is 18.4 Å². The lowest BCUT2D eigenvalue weighted by molar-refractivity contribution is -0.144. The standard InChI is InChI=1S/C6H10FNO2.ClH/c7-5-1-2-8-3-4(5)6(9)10;/h4-5,8H,1-3H2,(H,9,10);1H. The Morgan fingerprint density at radius 1 is 1.64 bits per heavy atom. The zero-order valence-electron chi connectivity index (χ0n) is 5.92. The normalized spacial score (nSPS) is 30.6. The van der Waals surface area contributed by atoms with Gasteiger partial charge in [0.1, 0.15) is 12.1 Å². The summed E-state index contributed by atoms with van der Waals surface area (Å²) in [4.78, 5) is 10.3. The Kier molecular flexibility index (Phi) is 4.37. The molecule has 2 unspecified atom stereocenters. The van der Waals surface area contributed by atoms with Crippen LogP contribution in [-0.4, -0.2) is 30.3 Å². The highest BCUT2D eigenvalue weighted by Gasteiger charge is 2.30. The first kappa shape index (κ1) is 10.7. The van der Waals surface area contributed by atoms with Crippen LogP contribution in [0.15, 0.2) is 0 Å². The third-order valence-corrected chi connectivity index (χ3v) is 1.71. The number of carboxylic acid groups (broad SMARTS) is 1. The molecule has 1 saturated heterocycles. The third kappa shape index (κ3) is 2.63. The Labute approximate surface area is 70.4 Å². The highest BCUT2D eigenvalue weighted by molar-refractivity contribution is 5.85. The van der Waals surface area contributed by atoms with Crippen LogP contribution in [0.25, 0.3) is 0 Å². The van der Waals surface area contributed by atoms with E-state index in [4.69, 9.17) is 5.11 Å². The molecule has 1 aliphatic rings. The minimum absolute atomic E-state index is 0. The molecular weight excluding hydrogens is 173 g/mol. The summed E-state index contributed by atoms with van der Waals surface area (Å²) in [6.07, 6.45) is -0.851. The van der Waals surface area contributed by atoms with Gasteiger partial charge in [-0.1, -0.05) is 0 Å². The van der Waals surface area contributed by atoms with Crippen LogP contribution in [0.2, 0.25) is 0 Å². The summed E-state index contributed by atoms with van der Waals surface area (Å²) < 4.78 is 12.7. The molecule has 0 aromatic carbocycles. The molecule has 2 atom stereocenters. The number of carbonyl (C=O) groups is 1.